The molecule has 1 saturated heterocycles. The Hall–Kier alpha value is -0.110. The van der Waals surface area contributed by atoms with E-state index in [4.69, 9.17) is 0 Å². The van der Waals surface area contributed by atoms with E-state index in [0.29, 0.717) is 5.41 Å². The molecule has 0 spiro atoms. The van der Waals surface area contributed by atoms with Crippen molar-refractivity contribution in [2.24, 2.45) is 5.41 Å². The first-order valence-electron chi connectivity index (χ1n) is 5.60. The van der Waals surface area contributed by atoms with Gasteiger partial charge in [0.1, 0.15) is 6.17 Å². The fourth-order valence-electron chi connectivity index (χ4n) is 2.33. The van der Waals surface area contributed by atoms with Gasteiger partial charge in [-0.25, -0.2) is 4.39 Å². The lowest BCUT2D eigenvalue weighted by atomic mass is 10.0. The zero-order chi connectivity index (χ0) is 9.31. The predicted molar refractivity (Wildman–Crippen MR) is 52.5 cm³/mol. The average molecular weight is 185 g/mol. The summed E-state index contributed by atoms with van der Waals surface area (Å²) >= 11 is 0. The van der Waals surface area contributed by atoms with E-state index in [9.17, 15) is 4.39 Å². The van der Waals surface area contributed by atoms with Gasteiger partial charge >= 0.3 is 0 Å². The smallest absolute Gasteiger partial charge is 0.103 e. The van der Waals surface area contributed by atoms with Crippen LogP contribution < -0.4 is 0 Å². The van der Waals surface area contributed by atoms with Crippen LogP contribution in [0, 0.1) is 5.41 Å². The summed E-state index contributed by atoms with van der Waals surface area (Å²) < 4.78 is 12.9. The van der Waals surface area contributed by atoms with E-state index in [1.807, 2.05) is 0 Å². The molecule has 0 aromatic carbocycles. The highest BCUT2D eigenvalue weighted by atomic mass is 19.1. The third kappa shape index (κ3) is 2.22. The SMILES string of the molecule is CCC1(CN2CCC(F)CC2)CC1. The van der Waals surface area contributed by atoms with E-state index in [1.165, 1.54) is 25.8 Å². The highest BCUT2D eigenvalue weighted by molar-refractivity contribution is 4.94. The number of piperidine rings is 1. The Labute approximate surface area is 80.3 Å². The van der Waals surface area contributed by atoms with Gasteiger partial charge in [0.05, 0.1) is 0 Å². The van der Waals surface area contributed by atoms with Crippen LogP contribution in [-0.4, -0.2) is 30.7 Å². The van der Waals surface area contributed by atoms with Gasteiger partial charge in [0.25, 0.3) is 0 Å². The van der Waals surface area contributed by atoms with Gasteiger partial charge in [-0.05, 0) is 37.5 Å². The maximum absolute atomic E-state index is 12.9. The molecule has 0 radical (unpaired) electrons. The van der Waals surface area contributed by atoms with Crippen molar-refractivity contribution in [3.63, 3.8) is 0 Å². The minimum absolute atomic E-state index is 0.520. The highest BCUT2D eigenvalue weighted by Crippen LogP contribution is 2.49. The van der Waals surface area contributed by atoms with Crippen molar-refractivity contribution >= 4 is 0 Å². The van der Waals surface area contributed by atoms with Gasteiger partial charge in [0, 0.05) is 19.6 Å². The first-order chi connectivity index (χ1) is 6.24. The summed E-state index contributed by atoms with van der Waals surface area (Å²) in [4.78, 5) is 2.46. The minimum Gasteiger partial charge on any atom is -0.303 e. The normalized spacial score (nSPS) is 29.1. The molecular formula is C11H20FN. The van der Waals surface area contributed by atoms with Gasteiger partial charge in [-0.3, -0.25) is 0 Å². The number of likely N-dealkylation sites (tertiary alicyclic amines) is 1. The zero-order valence-corrected chi connectivity index (χ0v) is 8.56. The molecule has 0 amide bonds. The van der Waals surface area contributed by atoms with Crippen molar-refractivity contribution in [2.45, 2.75) is 45.2 Å². The van der Waals surface area contributed by atoms with Crippen molar-refractivity contribution in [1.82, 2.24) is 4.90 Å². The molecule has 2 aliphatic rings. The molecule has 2 rings (SSSR count). The van der Waals surface area contributed by atoms with Crippen LogP contribution in [0.25, 0.3) is 0 Å². The third-order valence-electron chi connectivity index (χ3n) is 3.78. The van der Waals surface area contributed by atoms with Gasteiger partial charge in [-0.1, -0.05) is 6.92 Å². The van der Waals surface area contributed by atoms with Crippen molar-refractivity contribution in [3.05, 3.63) is 0 Å². The molecule has 0 bridgehead atoms. The van der Waals surface area contributed by atoms with Crippen LogP contribution in [0.15, 0.2) is 0 Å². The molecule has 76 valence electrons. The molecule has 2 fully saturated rings. The molecule has 0 aromatic heterocycles. The lowest BCUT2D eigenvalue weighted by molar-refractivity contribution is 0.127. The molecule has 1 aliphatic carbocycles. The minimum atomic E-state index is -0.520. The standard InChI is InChI=1S/C11H20FN/c1-2-11(5-6-11)9-13-7-3-10(12)4-8-13/h10H,2-9H2,1H3. The first-order valence-corrected chi connectivity index (χ1v) is 5.60. The maximum Gasteiger partial charge on any atom is 0.103 e. The summed E-state index contributed by atoms with van der Waals surface area (Å²) in [6.45, 7) is 5.50. The number of hydrogen-bond acceptors (Lipinski definition) is 1. The van der Waals surface area contributed by atoms with Crippen molar-refractivity contribution in [2.75, 3.05) is 19.6 Å². The summed E-state index contributed by atoms with van der Waals surface area (Å²) in [7, 11) is 0. The van der Waals surface area contributed by atoms with Crippen LogP contribution in [0.3, 0.4) is 0 Å². The first kappa shape index (κ1) is 9.45. The van der Waals surface area contributed by atoms with Crippen LogP contribution in [0.2, 0.25) is 0 Å². The van der Waals surface area contributed by atoms with Crippen LogP contribution in [-0.2, 0) is 0 Å². The summed E-state index contributed by atoms with van der Waals surface area (Å²) in [6.07, 6.45) is 5.12. The van der Waals surface area contributed by atoms with Gasteiger partial charge in [0.15, 0.2) is 0 Å². The molecule has 1 nitrogen and oxygen atoms in total. The fourth-order valence-corrected chi connectivity index (χ4v) is 2.33. The summed E-state index contributed by atoms with van der Waals surface area (Å²) in [5, 5.41) is 0. The van der Waals surface area contributed by atoms with Crippen LogP contribution >= 0.6 is 0 Å². The van der Waals surface area contributed by atoms with E-state index in [0.717, 1.165) is 25.9 Å². The summed E-state index contributed by atoms with van der Waals surface area (Å²) in [6, 6.07) is 0. The Morgan fingerprint density at radius 1 is 1.31 bits per heavy atom. The van der Waals surface area contributed by atoms with E-state index in [-0.39, 0.29) is 0 Å². The lowest BCUT2D eigenvalue weighted by Gasteiger charge is -2.31. The second-order valence-electron chi connectivity index (χ2n) is 4.80. The maximum atomic E-state index is 12.9. The molecule has 1 aliphatic heterocycles. The third-order valence-corrected chi connectivity index (χ3v) is 3.78. The number of alkyl halides is 1. The topological polar surface area (TPSA) is 3.24 Å². The van der Waals surface area contributed by atoms with Crippen LogP contribution in [0.5, 0.6) is 0 Å². The molecule has 2 heteroatoms. The predicted octanol–water partition coefficient (Wildman–Crippen LogP) is 2.61. The van der Waals surface area contributed by atoms with Crippen molar-refractivity contribution in [1.29, 1.82) is 0 Å². The van der Waals surface area contributed by atoms with E-state index in [1.54, 1.807) is 0 Å². The van der Waals surface area contributed by atoms with Crippen LogP contribution in [0.4, 0.5) is 4.39 Å². The quantitative estimate of drug-likeness (QED) is 0.653. The highest BCUT2D eigenvalue weighted by Gasteiger charge is 2.42. The Morgan fingerprint density at radius 2 is 1.92 bits per heavy atom. The molecule has 0 N–H and O–H groups in total. The summed E-state index contributed by atoms with van der Waals surface area (Å²) in [5.41, 5.74) is 0.642. The largest absolute Gasteiger partial charge is 0.303 e. The molecule has 0 aromatic rings. The fraction of sp³-hybridized carbons (Fsp3) is 1.00. The second-order valence-corrected chi connectivity index (χ2v) is 4.80. The van der Waals surface area contributed by atoms with Crippen molar-refractivity contribution < 1.29 is 4.39 Å². The zero-order valence-electron chi connectivity index (χ0n) is 8.56. The van der Waals surface area contributed by atoms with Gasteiger partial charge in [-0.15, -0.1) is 0 Å². The Kier molecular flexibility index (Phi) is 2.59. The Bertz CT molecular complexity index is 169. The number of hydrogen-bond donors (Lipinski definition) is 0. The molecule has 0 unspecified atom stereocenters. The van der Waals surface area contributed by atoms with E-state index < -0.39 is 6.17 Å². The second kappa shape index (κ2) is 3.56. The molecule has 1 saturated carbocycles. The van der Waals surface area contributed by atoms with E-state index >= 15 is 0 Å². The number of halogens is 1. The van der Waals surface area contributed by atoms with Gasteiger partial charge in [-0.2, -0.15) is 0 Å². The average Bonchev–Trinajstić information content (AvgIpc) is 2.90. The van der Waals surface area contributed by atoms with Gasteiger partial charge < -0.3 is 4.90 Å². The van der Waals surface area contributed by atoms with Crippen molar-refractivity contribution in [3.8, 4) is 0 Å². The molecule has 0 atom stereocenters. The van der Waals surface area contributed by atoms with Crippen LogP contribution in [0.1, 0.15) is 39.0 Å². The van der Waals surface area contributed by atoms with Gasteiger partial charge in [0.2, 0.25) is 0 Å². The summed E-state index contributed by atoms with van der Waals surface area (Å²) in [5.74, 6) is 0. The monoisotopic (exact) mass is 185 g/mol. The molecular weight excluding hydrogens is 165 g/mol. The number of nitrogens with zero attached hydrogens (tertiary/aromatic N) is 1. The Balaban J connectivity index is 1.76. The number of rotatable bonds is 3. The van der Waals surface area contributed by atoms with E-state index in [2.05, 4.69) is 11.8 Å². The Morgan fingerprint density at radius 3 is 2.38 bits per heavy atom. The molecule has 13 heavy (non-hydrogen) atoms. The molecule has 1 heterocycles. The lowest BCUT2D eigenvalue weighted by Crippen LogP contribution is -2.38.